The first-order valence-corrected chi connectivity index (χ1v) is 5.61. The highest BCUT2D eigenvalue weighted by Crippen LogP contribution is 2.06. The summed E-state index contributed by atoms with van der Waals surface area (Å²) in [5.74, 6) is -0.551. The number of hydrogen-bond donors (Lipinski definition) is 1. The molecule has 0 heterocycles. The Balaban J connectivity index is 1.97. The summed E-state index contributed by atoms with van der Waals surface area (Å²) in [6.07, 6.45) is 0. The SMILES string of the molecule is N/C(=N\OCc1cccc(F)c1)c1ccc(F)cc1. The molecule has 0 unspecified atom stereocenters. The lowest BCUT2D eigenvalue weighted by molar-refractivity contribution is 0.130. The van der Waals surface area contributed by atoms with E-state index in [1.54, 1.807) is 12.1 Å². The van der Waals surface area contributed by atoms with Gasteiger partial charge in [-0.3, -0.25) is 0 Å². The second-order valence-corrected chi connectivity index (χ2v) is 3.89. The number of nitrogens with two attached hydrogens (primary N) is 1. The Kier molecular flexibility index (Phi) is 4.07. The minimum absolute atomic E-state index is 0.111. The Bertz CT molecular complexity index is 582. The van der Waals surface area contributed by atoms with Crippen molar-refractivity contribution in [1.29, 1.82) is 0 Å². The molecular weight excluding hydrogens is 250 g/mol. The van der Waals surface area contributed by atoms with Crippen LogP contribution in [0.25, 0.3) is 0 Å². The largest absolute Gasteiger partial charge is 0.389 e. The van der Waals surface area contributed by atoms with Crippen LogP contribution in [0.2, 0.25) is 0 Å². The number of rotatable bonds is 4. The molecule has 0 aliphatic carbocycles. The molecule has 2 aromatic rings. The van der Waals surface area contributed by atoms with E-state index in [1.807, 2.05) is 0 Å². The van der Waals surface area contributed by atoms with Crippen LogP contribution in [0.1, 0.15) is 11.1 Å². The Morgan fingerprint density at radius 3 is 2.47 bits per heavy atom. The van der Waals surface area contributed by atoms with E-state index in [-0.39, 0.29) is 24.1 Å². The van der Waals surface area contributed by atoms with E-state index in [1.165, 1.54) is 36.4 Å². The summed E-state index contributed by atoms with van der Waals surface area (Å²) in [7, 11) is 0. The predicted molar refractivity (Wildman–Crippen MR) is 68.3 cm³/mol. The Labute approximate surface area is 109 Å². The normalized spacial score (nSPS) is 11.4. The van der Waals surface area contributed by atoms with Gasteiger partial charge in [0.25, 0.3) is 0 Å². The van der Waals surface area contributed by atoms with Gasteiger partial charge in [-0.15, -0.1) is 0 Å². The van der Waals surface area contributed by atoms with Crippen LogP contribution in [0, 0.1) is 11.6 Å². The van der Waals surface area contributed by atoms with E-state index in [4.69, 9.17) is 10.6 Å². The number of halogens is 2. The fraction of sp³-hybridized carbons (Fsp3) is 0.0714. The molecule has 0 amide bonds. The topological polar surface area (TPSA) is 47.6 Å². The van der Waals surface area contributed by atoms with Gasteiger partial charge in [0.05, 0.1) is 0 Å². The van der Waals surface area contributed by atoms with Gasteiger partial charge >= 0.3 is 0 Å². The van der Waals surface area contributed by atoms with Crippen LogP contribution in [-0.4, -0.2) is 5.84 Å². The molecule has 98 valence electrons. The average molecular weight is 262 g/mol. The van der Waals surface area contributed by atoms with Crippen molar-refractivity contribution in [2.75, 3.05) is 0 Å². The van der Waals surface area contributed by atoms with Crippen LogP contribution in [0.4, 0.5) is 8.78 Å². The summed E-state index contributed by atoms with van der Waals surface area (Å²) in [4.78, 5) is 5.02. The van der Waals surface area contributed by atoms with E-state index >= 15 is 0 Å². The van der Waals surface area contributed by atoms with E-state index < -0.39 is 0 Å². The molecule has 3 nitrogen and oxygen atoms in total. The molecule has 0 saturated carbocycles. The summed E-state index contributed by atoms with van der Waals surface area (Å²) < 4.78 is 25.6. The van der Waals surface area contributed by atoms with Crippen molar-refractivity contribution in [3.63, 3.8) is 0 Å². The molecule has 2 aromatic carbocycles. The van der Waals surface area contributed by atoms with Gasteiger partial charge in [0, 0.05) is 5.56 Å². The molecule has 2 N–H and O–H groups in total. The molecule has 0 spiro atoms. The zero-order chi connectivity index (χ0) is 13.7. The summed E-state index contributed by atoms with van der Waals surface area (Å²) in [6, 6.07) is 11.6. The van der Waals surface area contributed by atoms with Gasteiger partial charge in [0.1, 0.15) is 18.2 Å². The molecular formula is C14H12F2N2O. The Hall–Kier alpha value is -2.43. The lowest BCUT2D eigenvalue weighted by atomic mass is 10.2. The zero-order valence-corrected chi connectivity index (χ0v) is 10.0. The Morgan fingerprint density at radius 1 is 1.05 bits per heavy atom. The van der Waals surface area contributed by atoms with Crippen LogP contribution in [0.3, 0.4) is 0 Å². The van der Waals surface area contributed by atoms with E-state index in [0.717, 1.165) is 0 Å². The lowest BCUT2D eigenvalue weighted by Gasteiger charge is -2.03. The highest BCUT2D eigenvalue weighted by Gasteiger charge is 2.00. The quantitative estimate of drug-likeness (QED) is 0.523. The van der Waals surface area contributed by atoms with Crippen molar-refractivity contribution in [1.82, 2.24) is 0 Å². The van der Waals surface area contributed by atoms with Crippen molar-refractivity contribution in [2.24, 2.45) is 10.9 Å². The lowest BCUT2D eigenvalue weighted by Crippen LogP contribution is -2.13. The highest BCUT2D eigenvalue weighted by atomic mass is 19.1. The van der Waals surface area contributed by atoms with E-state index in [0.29, 0.717) is 11.1 Å². The number of benzene rings is 2. The van der Waals surface area contributed by atoms with Crippen molar-refractivity contribution < 1.29 is 13.6 Å². The maximum atomic E-state index is 12.9. The third-order valence-corrected chi connectivity index (χ3v) is 2.42. The van der Waals surface area contributed by atoms with Gasteiger partial charge in [-0.05, 0) is 42.0 Å². The van der Waals surface area contributed by atoms with Crippen molar-refractivity contribution in [2.45, 2.75) is 6.61 Å². The second kappa shape index (κ2) is 5.95. The number of amidine groups is 1. The molecule has 0 aliphatic heterocycles. The highest BCUT2D eigenvalue weighted by molar-refractivity contribution is 5.96. The van der Waals surface area contributed by atoms with Crippen LogP contribution in [0.5, 0.6) is 0 Å². The molecule has 0 saturated heterocycles. The third-order valence-electron chi connectivity index (χ3n) is 2.42. The fourth-order valence-electron chi connectivity index (χ4n) is 1.48. The van der Waals surface area contributed by atoms with Crippen LogP contribution in [-0.2, 0) is 11.4 Å². The molecule has 0 aliphatic rings. The van der Waals surface area contributed by atoms with Gasteiger partial charge in [-0.1, -0.05) is 17.3 Å². The van der Waals surface area contributed by atoms with Gasteiger partial charge in [0.15, 0.2) is 5.84 Å². The van der Waals surface area contributed by atoms with E-state index in [2.05, 4.69) is 5.16 Å². The minimum Gasteiger partial charge on any atom is -0.389 e. The molecule has 5 heteroatoms. The molecule has 2 rings (SSSR count). The average Bonchev–Trinajstić information content (AvgIpc) is 2.39. The van der Waals surface area contributed by atoms with Crippen molar-refractivity contribution >= 4 is 5.84 Å². The van der Waals surface area contributed by atoms with Crippen molar-refractivity contribution in [3.05, 3.63) is 71.3 Å². The number of hydrogen-bond acceptors (Lipinski definition) is 2. The number of nitrogens with zero attached hydrogens (tertiary/aromatic N) is 1. The van der Waals surface area contributed by atoms with E-state index in [9.17, 15) is 8.78 Å². The number of oxime groups is 1. The predicted octanol–water partition coefficient (Wildman–Crippen LogP) is 2.80. The standard InChI is InChI=1S/C14H12F2N2O/c15-12-6-4-11(5-7-12)14(17)18-19-9-10-2-1-3-13(16)8-10/h1-8H,9H2,(H2,17,18). The third kappa shape index (κ3) is 3.77. The maximum absolute atomic E-state index is 12.9. The monoisotopic (exact) mass is 262 g/mol. The first-order valence-electron chi connectivity index (χ1n) is 5.61. The summed E-state index contributed by atoms with van der Waals surface area (Å²) >= 11 is 0. The van der Waals surface area contributed by atoms with Crippen LogP contribution < -0.4 is 5.73 Å². The molecule has 0 bridgehead atoms. The Morgan fingerprint density at radius 2 is 1.79 bits per heavy atom. The molecule has 0 radical (unpaired) electrons. The maximum Gasteiger partial charge on any atom is 0.170 e. The molecule has 0 fully saturated rings. The minimum atomic E-state index is -0.350. The first-order chi connectivity index (χ1) is 9.15. The second-order valence-electron chi connectivity index (χ2n) is 3.89. The van der Waals surface area contributed by atoms with Crippen LogP contribution >= 0.6 is 0 Å². The van der Waals surface area contributed by atoms with Gasteiger partial charge in [-0.2, -0.15) is 0 Å². The van der Waals surface area contributed by atoms with Gasteiger partial charge in [-0.25, -0.2) is 8.78 Å². The van der Waals surface area contributed by atoms with Crippen molar-refractivity contribution in [3.8, 4) is 0 Å². The van der Waals surface area contributed by atoms with Gasteiger partial charge < -0.3 is 10.6 Å². The summed E-state index contributed by atoms with van der Waals surface area (Å²) in [6.45, 7) is 0.111. The molecule has 0 aromatic heterocycles. The fourth-order valence-corrected chi connectivity index (χ4v) is 1.48. The zero-order valence-electron chi connectivity index (χ0n) is 10.0. The van der Waals surface area contributed by atoms with Crippen LogP contribution in [0.15, 0.2) is 53.7 Å². The summed E-state index contributed by atoms with van der Waals surface area (Å²) in [5, 5.41) is 3.70. The van der Waals surface area contributed by atoms with Gasteiger partial charge in [0.2, 0.25) is 0 Å². The molecule has 0 atom stereocenters. The first kappa shape index (κ1) is 13.0. The smallest absolute Gasteiger partial charge is 0.170 e. The molecule has 19 heavy (non-hydrogen) atoms. The summed E-state index contributed by atoms with van der Waals surface area (Å²) in [5.41, 5.74) is 6.87.